The van der Waals surface area contributed by atoms with Crippen LogP contribution in [-0.2, 0) is 28.1 Å². The van der Waals surface area contributed by atoms with E-state index in [1.165, 1.54) is 0 Å². The predicted molar refractivity (Wildman–Crippen MR) is 75.7 cm³/mol. The minimum Gasteiger partial charge on any atom is -0.394 e. The van der Waals surface area contributed by atoms with Crippen LogP contribution >= 0.6 is 8.02 Å². The SMILES string of the molecule is N[P+]1(N)OC(=O)C(F)(CCOC2O[C@H](CO)[C@H](O)[C@H](O)[C@H]2O)C(=O)O1. The second kappa shape index (κ2) is 7.31. The molecular weight excluding hydrogens is 370 g/mol. The monoisotopic (exact) mass is 389 g/mol. The molecule has 0 saturated carbocycles. The molecule has 5 atom stereocenters. The molecule has 2 fully saturated rings. The van der Waals surface area contributed by atoms with Crippen molar-refractivity contribution in [2.45, 2.75) is 42.8 Å². The van der Waals surface area contributed by atoms with E-state index in [-0.39, 0.29) is 0 Å². The number of nitrogens with two attached hydrogens (primary N) is 2. The number of alkyl halides is 1. The quantitative estimate of drug-likeness (QED) is 0.201. The molecule has 2 rings (SSSR count). The summed E-state index contributed by atoms with van der Waals surface area (Å²) < 4.78 is 33.2. The number of carbonyl (C=O) groups excluding carboxylic acids is 2. The zero-order chi connectivity index (χ0) is 19.0. The number of rotatable bonds is 5. The predicted octanol–water partition coefficient (Wildman–Crippen LogP) is -3.40. The van der Waals surface area contributed by atoms with Crippen LogP contribution in [0.5, 0.6) is 0 Å². The third-order valence-electron chi connectivity index (χ3n) is 3.68. The average molecular weight is 389 g/mol. The normalized spacial score (nSPS) is 37.3. The second-order valence-corrected chi connectivity index (χ2v) is 7.18. The van der Waals surface area contributed by atoms with Crippen LogP contribution < -0.4 is 11.0 Å². The summed E-state index contributed by atoms with van der Waals surface area (Å²) in [5.41, 5.74) is 7.15. The van der Waals surface area contributed by atoms with Gasteiger partial charge in [0.05, 0.1) is 13.2 Å². The maximum Gasteiger partial charge on any atom is 0.521 e. The van der Waals surface area contributed by atoms with E-state index >= 15 is 0 Å². The van der Waals surface area contributed by atoms with E-state index in [0.29, 0.717) is 0 Å². The second-order valence-electron chi connectivity index (χ2n) is 5.52. The molecule has 25 heavy (non-hydrogen) atoms. The molecule has 0 spiro atoms. The van der Waals surface area contributed by atoms with Crippen molar-refractivity contribution >= 4 is 20.0 Å². The van der Waals surface area contributed by atoms with Crippen LogP contribution in [0.3, 0.4) is 0 Å². The number of hydrogen-bond acceptors (Lipinski definition) is 12. The van der Waals surface area contributed by atoms with Crippen LogP contribution in [0.25, 0.3) is 0 Å². The first-order chi connectivity index (χ1) is 11.5. The fraction of sp³-hybridized carbons (Fsp3) is 0.818. The number of carbonyl (C=O) groups is 2. The molecule has 2 aliphatic heterocycles. The Labute approximate surface area is 141 Å². The molecule has 0 aliphatic carbocycles. The van der Waals surface area contributed by atoms with E-state index in [9.17, 15) is 29.3 Å². The minimum atomic E-state index is -3.76. The Morgan fingerprint density at radius 2 is 1.68 bits per heavy atom. The molecular formula is C11H19FN2O10P+. The molecule has 0 bridgehead atoms. The molecule has 0 aromatic rings. The molecule has 0 aromatic heterocycles. The number of hydrogen-bond donors (Lipinski definition) is 6. The van der Waals surface area contributed by atoms with Gasteiger partial charge in [-0.15, -0.1) is 11.0 Å². The van der Waals surface area contributed by atoms with Crippen molar-refractivity contribution in [2.75, 3.05) is 13.2 Å². The highest BCUT2D eigenvalue weighted by atomic mass is 31.2. The van der Waals surface area contributed by atoms with Crippen LogP contribution in [-0.4, -0.2) is 82.0 Å². The average Bonchev–Trinajstić information content (AvgIpc) is 2.52. The first kappa shape index (κ1) is 20.3. The zero-order valence-corrected chi connectivity index (χ0v) is 13.6. The number of ether oxygens (including phenoxy) is 2. The van der Waals surface area contributed by atoms with E-state index in [4.69, 9.17) is 25.6 Å². The van der Waals surface area contributed by atoms with Crippen molar-refractivity contribution in [3.8, 4) is 0 Å². The molecule has 1 unspecified atom stereocenters. The third kappa shape index (κ3) is 4.05. The summed E-state index contributed by atoms with van der Waals surface area (Å²) in [5.74, 6) is -3.25. The molecule has 0 amide bonds. The largest absolute Gasteiger partial charge is 0.521 e. The summed E-state index contributed by atoms with van der Waals surface area (Å²) >= 11 is 0. The molecule has 8 N–H and O–H groups in total. The number of halogens is 1. The van der Waals surface area contributed by atoms with Gasteiger partial charge in [0.1, 0.15) is 24.4 Å². The zero-order valence-electron chi connectivity index (χ0n) is 12.7. The van der Waals surface area contributed by atoms with Gasteiger partial charge in [-0.05, 0) is 0 Å². The van der Waals surface area contributed by atoms with Crippen LogP contribution in [0, 0.1) is 0 Å². The molecule has 144 valence electrons. The maximum atomic E-state index is 14.5. The lowest BCUT2D eigenvalue weighted by atomic mass is 9.99. The van der Waals surface area contributed by atoms with Gasteiger partial charge in [-0.25, -0.2) is 23.0 Å². The molecule has 2 heterocycles. The fourth-order valence-electron chi connectivity index (χ4n) is 2.23. The Balaban J connectivity index is 1.95. The Morgan fingerprint density at radius 1 is 1.12 bits per heavy atom. The van der Waals surface area contributed by atoms with Crippen LogP contribution in [0.1, 0.15) is 6.42 Å². The summed E-state index contributed by atoms with van der Waals surface area (Å²) in [6.07, 6.45) is -8.66. The maximum absolute atomic E-state index is 14.5. The van der Waals surface area contributed by atoms with E-state index < -0.39 is 76.0 Å². The Hall–Kier alpha value is -1.02. The summed E-state index contributed by atoms with van der Waals surface area (Å²) in [5, 5.41) is 38.0. The van der Waals surface area contributed by atoms with Gasteiger partial charge in [0.15, 0.2) is 6.29 Å². The standard InChI is InChI=1S/C11H19FN2O10P/c12-11(9(19)23-25(13,14)24-10(11)20)1-2-21-8-7(18)6(17)5(16)4(3-15)22-8/h4-8,15-18H,1-3,13-14H2/q+1/t4-,5+,6+,7-,8?/m1/s1. The fourth-order valence-corrected chi connectivity index (χ4v) is 3.08. The molecule has 0 radical (unpaired) electrons. The van der Waals surface area contributed by atoms with E-state index in [1.807, 2.05) is 0 Å². The molecule has 2 saturated heterocycles. The highest BCUT2D eigenvalue weighted by Gasteiger charge is 2.64. The summed E-state index contributed by atoms with van der Waals surface area (Å²) in [7, 11) is -3.76. The topological polar surface area (TPSA) is 204 Å². The molecule has 12 nitrogen and oxygen atoms in total. The van der Waals surface area contributed by atoms with E-state index in [2.05, 4.69) is 9.05 Å². The smallest absolute Gasteiger partial charge is 0.394 e. The first-order valence-electron chi connectivity index (χ1n) is 7.07. The van der Waals surface area contributed by atoms with Crippen molar-refractivity contribution in [3.05, 3.63) is 0 Å². The van der Waals surface area contributed by atoms with E-state index in [1.54, 1.807) is 0 Å². The summed E-state index contributed by atoms with van der Waals surface area (Å²) in [6, 6.07) is 0. The van der Waals surface area contributed by atoms with Gasteiger partial charge in [-0.3, -0.25) is 0 Å². The lowest BCUT2D eigenvalue weighted by molar-refractivity contribution is -0.302. The van der Waals surface area contributed by atoms with Crippen LogP contribution in [0.15, 0.2) is 0 Å². The van der Waals surface area contributed by atoms with Crippen molar-refractivity contribution in [2.24, 2.45) is 11.0 Å². The summed E-state index contributed by atoms with van der Waals surface area (Å²) in [6.45, 7) is -1.33. The number of aliphatic hydroxyl groups excluding tert-OH is 4. The van der Waals surface area contributed by atoms with Gasteiger partial charge >= 0.3 is 25.6 Å². The van der Waals surface area contributed by atoms with Gasteiger partial charge in [-0.2, -0.15) is 0 Å². The lowest BCUT2D eigenvalue weighted by Crippen LogP contribution is -2.59. The van der Waals surface area contributed by atoms with Gasteiger partial charge in [0.2, 0.25) is 0 Å². The van der Waals surface area contributed by atoms with Gasteiger partial charge in [-0.1, -0.05) is 0 Å². The summed E-state index contributed by atoms with van der Waals surface area (Å²) in [4.78, 5) is 23.2. The van der Waals surface area contributed by atoms with E-state index in [0.717, 1.165) is 0 Å². The highest BCUT2D eigenvalue weighted by molar-refractivity contribution is 7.62. The Bertz CT molecular complexity index is 515. The van der Waals surface area contributed by atoms with Crippen molar-refractivity contribution in [3.63, 3.8) is 0 Å². The van der Waals surface area contributed by atoms with Gasteiger partial charge < -0.3 is 29.9 Å². The lowest BCUT2D eigenvalue weighted by Gasteiger charge is -2.39. The third-order valence-corrected chi connectivity index (χ3v) is 4.58. The first-order valence-corrected chi connectivity index (χ1v) is 8.83. The number of aliphatic hydroxyl groups is 4. The van der Waals surface area contributed by atoms with Crippen molar-refractivity contribution in [1.29, 1.82) is 0 Å². The van der Waals surface area contributed by atoms with Crippen molar-refractivity contribution < 1.29 is 52.9 Å². The molecule has 0 aromatic carbocycles. The van der Waals surface area contributed by atoms with Crippen molar-refractivity contribution in [1.82, 2.24) is 0 Å². The molecule has 2 aliphatic rings. The van der Waals surface area contributed by atoms with Gasteiger partial charge in [0.25, 0.3) is 0 Å². The Kier molecular flexibility index (Phi) is 5.93. The molecule has 14 heteroatoms. The minimum absolute atomic E-state index is 0.649. The van der Waals surface area contributed by atoms with Crippen LogP contribution in [0.4, 0.5) is 4.39 Å². The van der Waals surface area contributed by atoms with Gasteiger partial charge in [0, 0.05) is 6.42 Å². The highest BCUT2D eigenvalue weighted by Crippen LogP contribution is 2.51. The Morgan fingerprint density at radius 3 is 2.20 bits per heavy atom. The van der Waals surface area contributed by atoms with Crippen LogP contribution in [0.2, 0.25) is 0 Å².